The average molecular weight is 471 g/mol. The number of aliphatic hydroxyl groups excluding tert-OH is 1. The summed E-state index contributed by atoms with van der Waals surface area (Å²) < 4.78 is 4.43. The normalized spacial score (nSPS) is 10.7. The molecule has 13 nitrogen and oxygen atoms in total. The zero-order valence-corrected chi connectivity index (χ0v) is 18.9. The zero-order valence-electron chi connectivity index (χ0n) is 18.9. The van der Waals surface area contributed by atoms with E-state index in [1.54, 1.807) is 24.9 Å². The van der Waals surface area contributed by atoms with Crippen molar-refractivity contribution in [2.45, 2.75) is 6.42 Å². The van der Waals surface area contributed by atoms with E-state index in [-0.39, 0.29) is 29.6 Å². The van der Waals surface area contributed by atoms with Gasteiger partial charge in [0.15, 0.2) is 0 Å². The molecule has 3 heterocycles. The van der Waals surface area contributed by atoms with Gasteiger partial charge in [0, 0.05) is 52.8 Å². The molecule has 0 aliphatic heterocycles. The van der Waals surface area contributed by atoms with E-state index in [0.29, 0.717) is 30.0 Å². The number of anilines is 2. The summed E-state index contributed by atoms with van der Waals surface area (Å²) in [6.45, 7) is 0.301. The van der Waals surface area contributed by atoms with E-state index in [0.717, 1.165) is 0 Å². The predicted molar refractivity (Wildman–Crippen MR) is 123 cm³/mol. The van der Waals surface area contributed by atoms with Crippen molar-refractivity contribution in [1.82, 2.24) is 19.0 Å². The summed E-state index contributed by atoms with van der Waals surface area (Å²) in [7, 11) is 4.82. The van der Waals surface area contributed by atoms with Crippen LogP contribution in [0, 0.1) is 10.1 Å². The Bertz CT molecular complexity index is 1250. The molecule has 0 atom stereocenters. The highest BCUT2D eigenvalue weighted by molar-refractivity contribution is 6.07. The third-order valence-corrected chi connectivity index (χ3v) is 5.05. The lowest BCUT2D eigenvalue weighted by molar-refractivity contribution is -0.384. The van der Waals surface area contributed by atoms with Crippen molar-refractivity contribution in [1.29, 1.82) is 0 Å². The molecule has 3 rings (SSSR count). The molecular weight excluding hydrogens is 446 g/mol. The summed E-state index contributed by atoms with van der Waals surface area (Å²) >= 11 is 0. The van der Waals surface area contributed by atoms with Crippen LogP contribution in [0.15, 0.2) is 36.8 Å². The van der Waals surface area contributed by atoms with E-state index in [2.05, 4.69) is 16.0 Å². The summed E-state index contributed by atoms with van der Waals surface area (Å²) in [5.41, 5.74) is 1.21. The zero-order chi connectivity index (χ0) is 25.0. The molecule has 0 aliphatic rings. The van der Waals surface area contributed by atoms with Gasteiger partial charge in [-0.3, -0.25) is 24.5 Å². The summed E-state index contributed by atoms with van der Waals surface area (Å²) in [5.74, 6) is -1.36. The van der Waals surface area contributed by atoms with Gasteiger partial charge in [0.05, 0.1) is 22.5 Å². The largest absolute Gasteiger partial charge is 0.396 e. The Morgan fingerprint density at radius 3 is 1.79 bits per heavy atom. The van der Waals surface area contributed by atoms with Crippen molar-refractivity contribution in [3.8, 4) is 0 Å². The first-order valence-corrected chi connectivity index (χ1v) is 10.3. The van der Waals surface area contributed by atoms with Crippen LogP contribution in [0.1, 0.15) is 37.9 Å². The van der Waals surface area contributed by atoms with Crippen LogP contribution in [0.4, 0.5) is 17.1 Å². The van der Waals surface area contributed by atoms with E-state index in [1.165, 1.54) is 46.8 Å². The summed E-state index contributed by atoms with van der Waals surface area (Å²) in [4.78, 5) is 47.9. The fraction of sp³-hybridized carbons (Fsp3) is 0.286. The van der Waals surface area contributed by atoms with Crippen molar-refractivity contribution < 1.29 is 24.4 Å². The first-order chi connectivity index (χ1) is 16.1. The molecule has 0 aromatic carbocycles. The lowest BCUT2D eigenvalue weighted by Crippen LogP contribution is -2.26. The number of nitro groups is 1. The highest BCUT2D eigenvalue weighted by atomic mass is 16.6. The Labute approximate surface area is 194 Å². The van der Waals surface area contributed by atoms with Crippen molar-refractivity contribution >= 4 is 34.8 Å². The van der Waals surface area contributed by atoms with E-state index in [4.69, 9.17) is 5.11 Å². The predicted octanol–water partition coefficient (Wildman–Crippen LogP) is 1.23. The van der Waals surface area contributed by atoms with Gasteiger partial charge in [-0.15, -0.1) is 0 Å². The van der Waals surface area contributed by atoms with Crippen molar-refractivity contribution in [2.24, 2.45) is 21.1 Å². The molecule has 0 saturated heterocycles. The Kier molecular flexibility index (Phi) is 7.16. The highest BCUT2D eigenvalue weighted by Crippen LogP contribution is 2.20. The number of carbonyl (C=O) groups is 3. The maximum absolute atomic E-state index is 12.8. The number of aryl methyl sites for hydroxylation is 3. The number of hydrogen-bond donors (Lipinski definition) is 4. The Hall–Kier alpha value is -4.39. The average Bonchev–Trinajstić information content (AvgIpc) is 3.44. The molecule has 3 aromatic rings. The second-order valence-corrected chi connectivity index (χ2v) is 7.64. The van der Waals surface area contributed by atoms with Crippen LogP contribution in [-0.2, 0) is 21.1 Å². The topological polar surface area (TPSA) is 165 Å². The van der Waals surface area contributed by atoms with Gasteiger partial charge in [0.1, 0.15) is 17.1 Å². The molecular formula is C21H25N7O6. The molecule has 0 aliphatic carbocycles. The molecule has 0 saturated carbocycles. The monoisotopic (exact) mass is 471 g/mol. The van der Waals surface area contributed by atoms with Crippen LogP contribution in [0.3, 0.4) is 0 Å². The van der Waals surface area contributed by atoms with Gasteiger partial charge in [-0.1, -0.05) is 0 Å². The van der Waals surface area contributed by atoms with Crippen LogP contribution in [0.5, 0.6) is 0 Å². The molecule has 3 amide bonds. The lowest BCUT2D eigenvalue weighted by Gasteiger charge is -2.04. The highest BCUT2D eigenvalue weighted by Gasteiger charge is 2.20. The SMILES string of the molecule is Cn1cc(NC(=O)c2cc(NC(=O)c3cc([N+](=O)[O-])cn3C)cn2C)cc1C(=O)NCCCO. The standard InChI is InChI=1S/C21H25N7O6/c1-25-10-13(7-16(25)19(30)22-5-4-6-29)23-20(31)17-8-14(11-26(17)2)24-21(32)18-9-15(28(33)34)12-27(18)3/h7-12,29H,4-6H2,1-3H3,(H,22,30)(H,23,31)(H,24,32). The molecule has 180 valence electrons. The number of carbonyl (C=O) groups excluding carboxylic acids is 3. The molecule has 3 aromatic heterocycles. The minimum Gasteiger partial charge on any atom is -0.396 e. The lowest BCUT2D eigenvalue weighted by atomic mass is 10.3. The van der Waals surface area contributed by atoms with Gasteiger partial charge in [-0.2, -0.15) is 0 Å². The third-order valence-electron chi connectivity index (χ3n) is 5.05. The fourth-order valence-corrected chi connectivity index (χ4v) is 3.35. The van der Waals surface area contributed by atoms with Crippen LogP contribution in [-0.4, -0.2) is 54.6 Å². The molecule has 0 spiro atoms. The Balaban J connectivity index is 1.69. The van der Waals surface area contributed by atoms with Gasteiger partial charge in [-0.25, -0.2) is 0 Å². The summed E-state index contributed by atoms with van der Waals surface area (Å²) in [6.07, 6.45) is 4.80. The second kappa shape index (κ2) is 10.0. The van der Waals surface area contributed by atoms with Crippen molar-refractivity contribution in [2.75, 3.05) is 23.8 Å². The summed E-state index contributed by atoms with van der Waals surface area (Å²) in [5, 5.41) is 27.8. The first-order valence-electron chi connectivity index (χ1n) is 10.3. The maximum Gasteiger partial charge on any atom is 0.287 e. The van der Waals surface area contributed by atoms with E-state index in [1.807, 2.05) is 0 Å². The molecule has 0 fully saturated rings. The quantitative estimate of drug-likeness (QED) is 0.208. The Morgan fingerprint density at radius 2 is 1.32 bits per heavy atom. The van der Waals surface area contributed by atoms with Crippen LogP contribution >= 0.6 is 0 Å². The molecule has 13 heteroatoms. The smallest absolute Gasteiger partial charge is 0.287 e. The van der Waals surface area contributed by atoms with Gasteiger partial charge >= 0.3 is 0 Å². The van der Waals surface area contributed by atoms with E-state index in [9.17, 15) is 24.5 Å². The minimum absolute atomic E-state index is 0.0288. The van der Waals surface area contributed by atoms with Crippen LogP contribution < -0.4 is 16.0 Å². The second-order valence-electron chi connectivity index (χ2n) is 7.64. The number of nitrogens with zero attached hydrogens (tertiary/aromatic N) is 4. The number of aliphatic hydroxyl groups is 1. The number of amides is 3. The number of hydrogen-bond acceptors (Lipinski definition) is 6. The van der Waals surface area contributed by atoms with Gasteiger partial charge in [0.2, 0.25) is 0 Å². The number of nitrogens with one attached hydrogen (secondary N) is 3. The molecule has 34 heavy (non-hydrogen) atoms. The number of aromatic nitrogens is 3. The van der Waals surface area contributed by atoms with Crippen molar-refractivity contribution in [3.63, 3.8) is 0 Å². The van der Waals surface area contributed by atoms with E-state index < -0.39 is 16.7 Å². The molecule has 0 radical (unpaired) electrons. The van der Waals surface area contributed by atoms with Crippen LogP contribution in [0.25, 0.3) is 0 Å². The van der Waals surface area contributed by atoms with Gasteiger partial charge in [-0.05, 0) is 18.6 Å². The molecule has 4 N–H and O–H groups in total. The van der Waals surface area contributed by atoms with Gasteiger partial charge < -0.3 is 34.8 Å². The minimum atomic E-state index is -0.588. The number of rotatable bonds is 9. The summed E-state index contributed by atoms with van der Waals surface area (Å²) in [6, 6.07) is 4.16. The maximum atomic E-state index is 12.8. The van der Waals surface area contributed by atoms with Gasteiger partial charge in [0.25, 0.3) is 23.4 Å². The first kappa shape index (κ1) is 24.3. The van der Waals surface area contributed by atoms with E-state index >= 15 is 0 Å². The van der Waals surface area contributed by atoms with Crippen molar-refractivity contribution in [3.05, 3.63) is 64.0 Å². The third kappa shape index (κ3) is 5.32. The Morgan fingerprint density at radius 1 is 0.853 bits per heavy atom. The molecule has 0 bridgehead atoms. The van der Waals surface area contributed by atoms with Crippen LogP contribution in [0.2, 0.25) is 0 Å². The fourth-order valence-electron chi connectivity index (χ4n) is 3.35. The molecule has 0 unspecified atom stereocenters.